The maximum absolute atomic E-state index is 7.60. The number of hydrogen-bond donors (Lipinski definition) is 0. The third kappa shape index (κ3) is 8.68. The quantitative estimate of drug-likeness (QED) is 0.0986. The van der Waals surface area contributed by atoms with Crippen LogP contribution in [0.25, 0.3) is 110 Å². The van der Waals surface area contributed by atoms with Gasteiger partial charge in [0.25, 0.3) is 0 Å². The van der Waals surface area contributed by atoms with Crippen molar-refractivity contribution in [1.82, 2.24) is 0 Å². The minimum atomic E-state index is -1.39. The van der Waals surface area contributed by atoms with Gasteiger partial charge in [-0.3, -0.25) is 0 Å². The zero-order valence-corrected chi connectivity index (χ0v) is 49.5. The molecule has 0 amide bonds. The summed E-state index contributed by atoms with van der Waals surface area (Å²) in [6.45, 7) is 0. The molecule has 16 aromatic rings. The van der Waals surface area contributed by atoms with Crippen LogP contribution in [0.5, 0.6) is 34.5 Å². The number of benzene rings is 12. The number of hydrogen-bond acceptors (Lipinski definition) is 9. The van der Waals surface area contributed by atoms with Gasteiger partial charge in [0.2, 0.25) is 0 Å². The predicted octanol–water partition coefficient (Wildman–Crippen LogP) is 18.0. The highest BCUT2D eigenvalue weighted by Crippen LogP contribution is 2.53. The maximum atomic E-state index is 7.60. The van der Waals surface area contributed by atoms with Gasteiger partial charge in [0.15, 0.2) is 0 Å². The van der Waals surface area contributed by atoms with Crippen molar-refractivity contribution in [3.63, 3.8) is 0 Å². The summed E-state index contributed by atoms with van der Waals surface area (Å²) < 4.78 is 59.2. The minimum absolute atomic E-state index is 0.533. The standard InChI is InChI=1S/C76H52O9P2/c1-77-65-25-13-29-69(73(65)75-67(79-3)27-15-31-71(75)86(45-33-37-61-53(41-45)49-17-5-9-21-57(49)81-61)46-34-38-62-54(42-46)50-18-6-10-22-58(50)82-62)85-70-30-14-26-66(78-2)74(70)76-68(80-4)28-16-32-72(76)87(47-35-39-63-55(43-47)51-19-7-11-23-59(51)83-63)48-36-40-64-56(44-48)52-20-8-12-24-60(52)84-64/h5-44H,1-4H3. The summed E-state index contributed by atoms with van der Waals surface area (Å²) in [5, 5.41) is 14.8. The summed E-state index contributed by atoms with van der Waals surface area (Å²) in [4.78, 5) is 0. The van der Waals surface area contributed by atoms with Crippen molar-refractivity contribution in [1.29, 1.82) is 0 Å². The molecule has 0 spiro atoms. The molecule has 0 saturated heterocycles. The average molecular weight is 1170 g/mol. The fourth-order valence-electron chi connectivity index (χ4n) is 12.7. The normalized spacial score (nSPS) is 11.9. The number of furan rings is 4. The van der Waals surface area contributed by atoms with E-state index in [0.717, 1.165) is 131 Å². The van der Waals surface area contributed by atoms with Gasteiger partial charge in [-0.25, -0.2) is 0 Å². The highest BCUT2D eigenvalue weighted by atomic mass is 31.1. The molecule has 420 valence electrons. The summed E-state index contributed by atoms with van der Waals surface area (Å²) in [6.07, 6.45) is 0. The molecule has 4 heterocycles. The predicted molar refractivity (Wildman–Crippen MR) is 357 cm³/mol. The Morgan fingerprint density at radius 1 is 0.230 bits per heavy atom. The smallest absolute Gasteiger partial charge is 0.139 e. The largest absolute Gasteiger partial charge is 0.496 e. The fraction of sp³-hybridized carbons (Fsp3) is 0.0526. The minimum Gasteiger partial charge on any atom is -0.496 e. The first-order valence-corrected chi connectivity index (χ1v) is 31.3. The van der Waals surface area contributed by atoms with Gasteiger partial charge in [-0.05, 0) is 157 Å². The van der Waals surface area contributed by atoms with Crippen LogP contribution in [0.15, 0.2) is 260 Å². The van der Waals surface area contributed by atoms with E-state index in [1.807, 2.05) is 97.1 Å². The maximum Gasteiger partial charge on any atom is 0.139 e. The Labute approximate surface area is 501 Å². The molecule has 0 aliphatic heterocycles. The van der Waals surface area contributed by atoms with Crippen LogP contribution >= 0.6 is 15.8 Å². The lowest BCUT2D eigenvalue weighted by Crippen LogP contribution is -2.23. The Kier molecular flexibility index (Phi) is 12.8. The van der Waals surface area contributed by atoms with Crippen molar-refractivity contribution < 1.29 is 41.4 Å². The van der Waals surface area contributed by atoms with Crippen LogP contribution < -0.4 is 55.5 Å². The van der Waals surface area contributed by atoms with E-state index < -0.39 is 15.8 Å². The average Bonchev–Trinajstić information content (AvgIpc) is 3.37. The van der Waals surface area contributed by atoms with Crippen molar-refractivity contribution in [3.05, 3.63) is 243 Å². The second-order valence-electron chi connectivity index (χ2n) is 21.3. The Morgan fingerprint density at radius 3 is 0.782 bits per heavy atom. The molecular formula is C76H52O9P2. The molecule has 0 saturated carbocycles. The van der Waals surface area contributed by atoms with E-state index in [1.54, 1.807) is 28.4 Å². The van der Waals surface area contributed by atoms with Crippen LogP contribution in [0.2, 0.25) is 0 Å². The highest BCUT2D eigenvalue weighted by Gasteiger charge is 2.32. The Balaban J connectivity index is 0.909. The van der Waals surface area contributed by atoms with Crippen molar-refractivity contribution in [2.24, 2.45) is 0 Å². The lowest BCUT2D eigenvalue weighted by Gasteiger charge is -2.27. The van der Waals surface area contributed by atoms with E-state index in [9.17, 15) is 0 Å². The molecule has 11 heteroatoms. The van der Waals surface area contributed by atoms with E-state index in [-0.39, 0.29) is 0 Å². The molecule has 0 fully saturated rings. The zero-order chi connectivity index (χ0) is 58.3. The summed E-state index contributed by atoms with van der Waals surface area (Å²) in [7, 11) is 4.05. The van der Waals surface area contributed by atoms with E-state index in [2.05, 4.69) is 146 Å². The van der Waals surface area contributed by atoms with Gasteiger partial charge in [-0.15, -0.1) is 0 Å². The summed E-state index contributed by atoms with van der Waals surface area (Å²) in [6, 6.07) is 83.7. The van der Waals surface area contributed by atoms with Gasteiger partial charge < -0.3 is 41.4 Å². The molecule has 4 aromatic heterocycles. The van der Waals surface area contributed by atoms with E-state index in [0.29, 0.717) is 45.6 Å². The molecule has 12 aromatic carbocycles. The molecule has 0 radical (unpaired) electrons. The van der Waals surface area contributed by atoms with Crippen molar-refractivity contribution in [2.75, 3.05) is 28.4 Å². The van der Waals surface area contributed by atoms with E-state index in [1.165, 1.54) is 0 Å². The van der Waals surface area contributed by atoms with E-state index in [4.69, 9.17) is 41.4 Å². The molecule has 0 atom stereocenters. The molecule has 9 nitrogen and oxygen atoms in total. The van der Waals surface area contributed by atoms with Gasteiger partial charge in [0.1, 0.15) is 79.2 Å². The molecular weight excluding hydrogens is 1120 g/mol. The Bertz CT molecular complexity index is 4820. The van der Waals surface area contributed by atoms with Crippen LogP contribution in [0, 0.1) is 0 Å². The first-order valence-electron chi connectivity index (χ1n) is 28.6. The summed E-state index contributed by atoms with van der Waals surface area (Å²) in [5.41, 5.74) is 9.67. The van der Waals surface area contributed by atoms with Crippen LogP contribution in [0.3, 0.4) is 0 Å². The lowest BCUT2D eigenvalue weighted by atomic mass is 10.0. The molecule has 0 bridgehead atoms. The second kappa shape index (κ2) is 21.3. The molecule has 87 heavy (non-hydrogen) atoms. The fourth-order valence-corrected chi connectivity index (χ4v) is 17.7. The number of methoxy groups -OCH3 is 4. The molecule has 0 aliphatic carbocycles. The molecule has 0 aliphatic rings. The van der Waals surface area contributed by atoms with Crippen LogP contribution in [0.1, 0.15) is 0 Å². The summed E-state index contributed by atoms with van der Waals surface area (Å²) >= 11 is 0. The van der Waals surface area contributed by atoms with E-state index >= 15 is 0 Å². The van der Waals surface area contributed by atoms with Gasteiger partial charge in [0, 0.05) is 54.2 Å². The van der Waals surface area contributed by atoms with Gasteiger partial charge in [0.05, 0.1) is 39.6 Å². The van der Waals surface area contributed by atoms with Gasteiger partial charge in [-0.2, -0.15) is 0 Å². The number of para-hydroxylation sites is 4. The zero-order valence-electron chi connectivity index (χ0n) is 47.7. The van der Waals surface area contributed by atoms with Crippen LogP contribution in [0.4, 0.5) is 0 Å². The number of ether oxygens (including phenoxy) is 5. The first-order chi connectivity index (χ1) is 42.9. The third-order valence-corrected chi connectivity index (χ3v) is 21.4. The van der Waals surface area contributed by atoms with Crippen molar-refractivity contribution in [2.45, 2.75) is 0 Å². The monoisotopic (exact) mass is 1170 g/mol. The topological polar surface area (TPSA) is 98.7 Å². The summed E-state index contributed by atoms with van der Waals surface area (Å²) in [5.74, 6) is 3.54. The van der Waals surface area contributed by atoms with Crippen molar-refractivity contribution in [3.8, 4) is 56.8 Å². The third-order valence-electron chi connectivity index (χ3n) is 16.5. The SMILES string of the molecule is COc1cccc(Oc2cccc(OC)c2-c2c(OC)cccc2P(c2ccc3oc4ccccc4c3c2)c2ccc3oc4ccccc4c3c2)c1-c1c(OC)cccc1P(c1ccc2oc3ccccc3c2c1)c1ccc2oc3ccccc3c2c1. The van der Waals surface area contributed by atoms with Crippen LogP contribution in [-0.4, -0.2) is 28.4 Å². The second-order valence-corrected chi connectivity index (χ2v) is 25.6. The Hall–Kier alpha value is -10.3. The van der Waals surface area contributed by atoms with Crippen molar-refractivity contribution >= 4 is 135 Å². The lowest BCUT2D eigenvalue weighted by molar-refractivity contribution is 0.402. The number of rotatable bonds is 14. The molecule has 16 rings (SSSR count). The Morgan fingerprint density at radius 2 is 0.483 bits per heavy atom. The van der Waals surface area contributed by atoms with Crippen LogP contribution in [-0.2, 0) is 0 Å². The molecule has 0 N–H and O–H groups in total. The highest BCUT2D eigenvalue weighted by molar-refractivity contribution is 7.80. The molecule has 0 unspecified atom stereocenters. The first kappa shape index (κ1) is 52.3. The van der Waals surface area contributed by atoms with Gasteiger partial charge in [-0.1, -0.05) is 133 Å². The van der Waals surface area contributed by atoms with Gasteiger partial charge >= 0.3 is 0 Å². The number of fused-ring (bicyclic) bond motifs is 12.